The van der Waals surface area contributed by atoms with E-state index in [1.165, 1.54) is 37.7 Å². The summed E-state index contributed by atoms with van der Waals surface area (Å²) in [4.78, 5) is 11.5. The summed E-state index contributed by atoms with van der Waals surface area (Å²) >= 11 is 0. The molecule has 1 amide bonds. The molecule has 2 aliphatic carbocycles. The molecule has 0 aliphatic heterocycles. The molecule has 0 spiro atoms. The molecule has 3 atom stereocenters. The van der Waals surface area contributed by atoms with Gasteiger partial charge in [0.2, 0.25) is 5.91 Å². The number of fused-ring (bicyclic) bond motifs is 3. The van der Waals surface area contributed by atoms with Crippen LogP contribution in [0, 0.1) is 11.3 Å². The van der Waals surface area contributed by atoms with Crippen LogP contribution >= 0.6 is 0 Å². The van der Waals surface area contributed by atoms with E-state index in [1.807, 2.05) is 0 Å². The highest BCUT2D eigenvalue weighted by atomic mass is 16.1. The molecule has 0 heterocycles. The number of aryl methyl sites for hydroxylation is 1. The SMILES string of the molecule is CC(=O)NC[C@]1(C)CCC[C@@]2(C)c3ccc(C(C)C)cc3CC[C@@H]12. The van der Waals surface area contributed by atoms with Gasteiger partial charge >= 0.3 is 0 Å². The van der Waals surface area contributed by atoms with Crippen LogP contribution in [0.5, 0.6) is 0 Å². The number of nitrogens with one attached hydrogen (secondary N) is 1. The standard InChI is InChI=1S/C22H33NO/c1-15(2)17-7-9-19-18(13-17)8-10-20-21(4,14-23-16(3)24)11-6-12-22(19,20)5/h7,9,13,15,20H,6,8,10-12,14H2,1-5H3,(H,23,24)/t20-,21-,22-/m0/s1. The Kier molecular flexibility index (Phi) is 4.53. The van der Waals surface area contributed by atoms with Crippen LogP contribution in [0.4, 0.5) is 0 Å². The molecule has 24 heavy (non-hydrogen) atoms. The lowest BCUT2D eigenvalue weighted by molar-refractivity contribution is -0.120. The quantitative estimate of drug-likeness (QED) is 0.835. The van der Waals surface area contributed by atoms with Gasteiger partial charge in [-0.2, -0.15) is 0 Å². The van der Waals surface area contributed by atoms with Crippen molar-refractivity contribution >= 4 is 5.91 Å². The first kappa shape index (κ1) is 17.5. The Morgan fingerprint density at radius 3 is 2.71 bits per heavy atom. The molecule has 2 nitrogen and oxygen atoms in total. The van der Waals surface area contributed by atoms with Crippen molar-refractivity contribution < 1.29 is 4.79 Å². The van der Waals surface area contributed by atoms with Crippen molar-refractivity contribution in [1.82, 2.24) is 5.32 Å². The average Bonchev–Trinajstić information content (AvgIpc) is 2.52. The van der Waals surface area contributed by atoms with E-state index < -0.39 is 0 Å². The van der Waals surface area contributed by atoms with Crippen LogP contribution in [0.2, 0.25) is 0 Å². The van der Waals surface area contributed by atoms with Crippen molar-refractivity contribution in [3.63, 3.8) is 0 Å². The van der Waals surface area contributed by atoms with Crippen LogP contribution in [0.1, 0.15) is 82.9 Å². The van der Waals surface area contributed by atoms with Gasteiger partial charge in [0.25, 0.3) is 0 Å². The van der Waals surface area contributed by atoms with Gasteiger partial charge in [0.1, 0.15) is 0 Å². The molecule has 1 aromatic carbocycles. The Labute approximate surface area is 147 Å². The Morgan fingerprint density at radius 2 is 2.04 bits per heavy atom. The molecule has 0 saturated heterocycles. The third-order valence-corrected chi connectivity index (χ3v) is 6.91. The maximum Gasteiger partial charge on any atom is 0.216 e. The molecule has 1 fully saturated rings. The molecule has 1 saturated carbocycles. The van der Waals surface area contributed by atoms with Crippen LogP contribution in [0.25, 0.3) is 0 Å². The fourth-order valence-electron chi connectivity index (χ4n) is 5.54. The van der Waals surface area contributed by atoms with Crippen LogP contribution in [-0.4, -0.2) is 12.5 Å². The van der Waals surface area contributed by atoms with Crippen molar-refractivity contribution in [3.8, 4) is 0 Å². The first-order valence-corrected chi connectivity index (χ1v) is 9.64. The van der Waals surface area contributed by atoms with E-state index in [0.717, 1.165) is 6.54 Å². The highest BCUT2D eigenvalue weighted by Crippen LogP contribution is 2.57. The molecule has 0 bridgehead atoms. The van der Waals surface area contributed by atoms with Crippen LogP contribution in [-0.2, 0) is 16.6 Å². The zero-order chi connectivity index (χ0) is 17.5. The number of hydrogen-bond donors (Lipinski definition) is 1. The van der Waals surface area contributed by atoms with E-state index in [-0.39, 0.29) is 16.7 Å². The number of rotatable bonds is 3. The fraction of sp³-hybridized carbons (Fsp3) is 0.682. The summed E-state index contributed by atoms with van der Waals surface area (Å²) in [6, 6.07) is 7.22. The largest absolute Gasteiger partial charge is 0.356 e. The molecule has 2 heteroatoms. The number of carbonyl (C=O) groups excluding carboxylic acids is 1. The van der Waals surface area contributed by atoms with Crippen LogP contribution < -0.4 is 5.32 Å². The van der Waals surface area contributed by atoms with E-state index in [4.69, 9.17) is 0 Å². The van der Waals surface area contributed by atoms with Gasteiger partial charge in [-0.05, 0) is 65.0 Å². The minimum absolute atomic E-state index is 0.0984. The topological polar surface area (TPSA) is 29.1 Å². The van der Waals surface area contributed by atoms with Gasteiger partial charge in [0, 0.05) is 13.5 Å². The van der Waals surface area contributed by atoms with Crippen molar-refractivity contribution in [1.29, 1.82) is 0 Å². The number of hydrogen-bond acceptors (Lipinski definition) is 1. The Bertz CT molecular complexity index is 635. The minimum Gasteiger partial charge on any atom is -0.356 e. The van der Waals surface area contributed by atoms with Gasteiger partial charge in [-0.25, -0.2) is 0 Å². The smallest absolute Gasteiger partial charge is 0.216 e. The number of carbonyl (C=O) groups is 1. The van der Waals surface area contributed by atoms with Gasteiger partial charge in [-0.1, -0.05) is 52.3 Å². The molecular weight excluding hydrogens is 294 g/mol. The molecule has 0 unspecified atom stereocenters. The van der Waals surface area contributed by atoms with Crippen LogP contribution in [0.3, 0.4) is 0 Å². The first-order valence-electron chi connectivity index (χ1n) is 9.64. The van der Waals surface area contributed by atoms with E-state index >= 15 is 0 Å². The molecule has 1 N–H and O–H groups in total. The summed E-state index contributed by atoms with van der Waals surface area (Å²) in [5.41, 5.74) is 5.09. The van der Waals surface area contributed by atoms with Gasteiger partial charge in [-0.15, -0.1) is 0 Å². The Morgan fingerprint density at radius 1 is 1.29 bits per heavy atom. The van der Waals surface area contributed by atoms with Crippen molar-refractivity contribution in [3.05, 3.63) is 34.9 Å². The van der Waals surface area contributed by atoms with Crippen molar-refractivity contribution in [2.24, 2.45) is 11.3 Å². The van der Waals surface area contributed by atoms with E-state index in [2.05, 4.69) is 51.2 Å². The van der Waals surface area contributed by atoms with Gasteiger partial charge in [0.15, 0.2) is 0 Å². The summed E-state index contributed by atoms with van der Waals surface area (Å²) < 4.78 is 0. The van der Waals surface area contributed by atoms with E-state index in [0.29, 0.717) is 11.8 Å². The van der Waals surface area contributed by atoms with Gasteiger partial charge < -0.3 is 5.32 Å². The second kappa shape index (κ2) is 6.20. The molecular formula is C22H33NO. The normalized spacial score (nSPS) is 32.2. The predicted octanol–water partition coefficient (Wildman–Crippen LogP) is 4.96. The predicted molar refractivity (Wildman–Crippen MR) is 100 cm³/mol. The fourth-order valence-corrected chi connectivity index (χ4v) is 5.54. The first-order chi connectivity index (χ1) is 11.3. The second-order valence-electron chi connectivity index (χ2n) is 9.00. The molecule has 2 aliphatic rings. The average molecular weight is 328 g/mol. The lowest BCUT2D eigenvalue weighted by atomic mass is 9.49. The zero-order valence-electron chi connectivity index (χ0n) is 16.0. The van der Waals surface area contributed by atoms with E-state index in [9.17, 15) is 4.79 Å². The third kappa shape index (κ3) is 2.89. The number of amides is 1. The molecule has 0 aromatic heterocycles. The molecule has 1 aromatic rings. The summed E-state index contributed by atoms with van der Waals surface area (Å²) in [7, 11) is 0. The lowest BCUT2D eigenvalue weighted by Gasteiger charge is -2.55. The zero-order valence-corrected chi connectivity index (χ0v) is 16.0. The minimum atomic E-state index is 0.0984. The maximum absolute atomic E-state index is 11.5. The molecule has 3 rings (SSSR count). The van der Waals surface area contributed by atoms with E-state index in [1.54, 1.807) is 18.1 Å². The summed E-state index contributed by atoms with van der Waals surface area (Å²) in [6.45, 7) is 11.9. The Balaban J connectivity index is 1.95. The summed E-state index contributed by atoms with van der Waals surface area (Å²) in [5.74, 6) is 1.35. The van der Waals surface area contributed by atoms with Crippen LogP contribution in [0.15, 0.2) is 18.2 Å². The lowest BCUT2D eigenvalue weighted by Crippen LogP contribution is -2.53. The highest BCUT2D eigenvalue weighted by molar-refractivity contribution is 5.72. The third-order valence-electron chi connectivity index (χ3n) is 6.91. The molecule has 0 radical (unpaired) electrons. The Hall–Kier alpha value is -1.31. The van der Waals surface area contributed by atoms with Crippen molar-refractivity contribution in [2.45, 2.75) is 78.1 Å². The summed E-state index contributed by atoms with van der Waals surface area (Å²) in [5, 5.41) is 3.12. The van der Waals surface area contributed by atoms with Gasteiger partial charge in [0.05, 0.1) is 0 Å². The maximum atomic E-state index is 11.5. The highest BCUT2D eigenvalue weighted by Gasteiger charge is 2.51. The summed E-state index contributed by atoms with van der Waals surface area (Å²) in [6.07, 6.45) is 6.20. The monoisotopic (exact) mass is 327 g/mol. The van der Waals surface area contributed by atoms with Crippen molar-refractivity contribution in [2.75, 3.05) is 6.54 Å². The second-order valence-corrected chi connectivity index (χ2v) is 9.00. The molecule has 132 valence electrons. The van der Waals surface area contributed by atoms with Gasteiger partial charge in [-0.3, -0.25) is 4.79 Å². The number of benzene rings is 1.